The number of thiophene rings is 1. The lowest BCUT2D eigenvalue weighted by Gasteiger charge is -2.41. The van der Waals surface area contributed by atoms with Crippen molar-refractivity contribution >= 4 is 34.0 Å². The molecule has 0 radical (unpaired) electrons. The number of urea groups is 1. The van der Waals surface area contributed by atoms with E-state index in [0.717, 1.165) is 43.2 Å². The van der Waals surface area contributed by atoms with E-state index in [2.05, 4.69) is 46.2 Å². The molecule has 1 spiro atoms. The van der Waals surface area contributed by atoms with Crippen LogP contribution in [0.4, 0.5) is 15.5 Å². The maximum absolute atomic E-state index is 13.9. The van der Waals surface area contributed by atoms with E-state index in [4.69, 9.17) is 0 Å². The van der Waals surface area contributed by atoms with Crippen LogP contribution in [0.3, 0.4) is 0 Å². The van der Waals surface area contributed by atoms with Gasteiger partial charge in [0.25, 0.3) is 5.91 Å². The van der Waals surface area contributed by atoms with Crippen molar-refractivity contribution in [3.05, 3.63) is 72.3 Å². The van der Waals surface area contributed by atoms with Gasteiger partial charge in [0.15, 0.2) is 0 Å². The van der Waals surface area contributed by atoms with Gasteiger partial charge in [-0.2, -0.15) is 0 Å². The van der Waals surface area contributed by atoms with E-state index in [9.17, 15) is 9.59 Å². The van der Waals surface area contributed by atoms with Gasteiger partial charge in [-0.05, 0) is 68.0 Å². The molecular formula is C30H34N4O2S. The van der Waals surface area contributed by atoms with Crippen molar-refractivity contribution in [3.63, 3.8) is 0 Å². The lowest BCUT2D eigenvalue weighted by Crippen LogP contribution is -2.56. The molecular weight excluding hydrogens is 480 g/mol. The predicted molar refractivity (Wildman–Crippen MR) is 150 cm³/mol. The molecule has 1 aromatic heterocycles. The smallest absolute Gasteiger partial charge is 0.332 e. The van der Waals surface area contributed by atoms with E-state index >= 15 is 0 Å². The molecule has 0 aliphatic carbocycles. The molecule has 0 atom stereocenters. The van der Waals surface area contributed by atoms with E-state index < -0.39 is 5.54 Å². The van der Waals surface area contributed by atoms with E-state index in [1.165, 1.54) is 40.3 Å². The molecule has 37 heavy (non-hydrogen) atoms. The monoisotopic (exact) mass is 514 g/mol. The first-order valence-corrected chi connectivity index (χ1v) is 14.3. The van der Waals surface area contributed by atoms with Gasteiger partial charge in [-0.15, -0.1) is 11.3 Å². The second-order valence-electron chi connectivity index (χ2n) is 10.3. The summed E-state index contributed by atoms with van der Waals surface area (Å²) in [5, 5.41) is 0.713. The highest BCUT2D eigenvalue weighted by molar-refractivity contribution is 7.19. The van der Waals surface area contributed by atoms with Crippen molar-refractivity contribution < 1.29 is 9.59 Å². The second-order valence-corrected chi connectivity index (χ2v) is 11.4. The summed E-state index contributed by atoms with van der Waals surface area (Å²) in [4.78, 5) is 36.6. The Kier molecular flexibility index (Phi) is 6.51. The number of amides is 3. The van der Waals surface area contributed by atoms with E-state index in [0.29, 0.717) is 24.4 Å². The fourth-order valence-electron chi connectivity index (χ4n) is 6.16. The third-order valence-corrected chi connectivity index (χ3v) is 9.34. The number of nitrogens with zero attached hydrogens (tertiary/aromatic N) is 4. The van der Waals surface area contributed by atoms with Crippen molar-refractivity contribution in [2.24, 2.45) is 0 Å². The first-order chi connectivity index (χ1) is 18.1. The molecule has 3 aliphatic heterocycles. The Labute approximate surface area is 223 Å². The number of hydrogen-bond donors (Lipinski definition) is 0. The summed E-state index contributed by atoms with van der Waals surface area (Å²) in [6.07, 6.45) is 3.91. The Hall–Kier alpha value is -3.16. The summed E-state index contributed by atoms with van der Waals surface area (Å²) in [6.45, 7) is 7.31. The Morgan fingerprint density at radius 1 is 0.838 bits per heavy atom. The van der Waals surface area contributed by atoms with E-state index in [1.807, 2.05) is 42.2 Å². The number of hydrogen-bond acceptors (Lipinski definition) is 5. The van der Waals surface area contributed by atoms with Crippen LogP contribution >= 0.6 is 11.3 Å². The number of rotatable bonds is 6. The van der Waals surface area contributed by atoms with Crippen molar-refractivity contribution in [2.45, 2.75) is 44.7 Å². The first-order valence-electron chi connectivity index (χ1n) is 13.5. The zero-order chi connectivity index (χ0) is 25.4. The minimum absolute atomic E-state index is 0.0598. The van der Waals surface area contributed by atoms with Gasteiger partial charge in [0.1, 0.15) is 10.5 Å². The molecule has 6 rings (SSSR count). The van der Waals surface area contributed by atoms with Gasteiger partial charge in [-0.25, -0.2) is 9.69 Å². The molecule has 0 bridgehead atoms. The number of benzene rings is 2. The molecule has 6 nitrogen and oxygen atoms in total. The molecule has 3 aromatic rings. The van der Waals surface area contributed by atoms with Gasteiger partial charge in [0, 0.05) is 49.8 Å². The summed E-state index contributed by atoms with van der Waals surface area (Å²) in [5.74, 6) is -0.0598. The molecule has 3 aliphatic rings. The van der Waals surface area contributed by atoms with Crippen LogP contribution in [-0.2, 0) is 11.3 Å². The molecule has 192 valence electrons. The second kappa shape index (κ2) is 9.95. The van der Waals surface area contributed by atoms with Crippen LogP contribution in [0.2, 0.25) is 0 Å². The molecule has 3 fully saturated rings. The average Bonchev–Trinajstić information content (AvgIpc) is 3.67. The zero-order valence-corrected chi connectivity index (χ0v) is 22.3. The Bertz CT molecular complexity index is 1260. The highest BCUT2D eigenvalue weighted by atomic mass is 32.1. The molecule has 0 unspecified atom stereocenters. The maximum Gasteiger partial charge on any atom is 0.332 e. The minimum atomic E-state index is -0.737. The number of piperidine rings is 1. The molecule has 2 aromatic carbocycles. The first kappa shape index (κ1) is 24.2. The van der Waals surface area contributed by atoms with Crippen molar-refractivity contribution in [2.75, 3.05) is 42.5 Å². The third-order valence-electron chi connectivity index (χ3n) is 8.22. The average molecular weight is 515 g/mol. The van der Waals surface area contributed by atoms with E-state index in [-0.39, 0.29) is 11.9 Å². The summed E-state index contributed by atoms with van der Waals surface area (Å²) in [5.41, 5.74) is 2.98. The van der Waals surface area contributed by atoms with Crippen molar-refractivity contribution in [3.8, 4) is 10.4 Å². The topological polar surface area (TPSA) is 47.1 Å². The highest BCUT2D eigenvalue weighted by Crippen LogP contribution is 2.43. The molecule has 3 saturated heterocycles. The summed E-state index contributed by atoms with van der Waals surface area (Å²) < 4.78 is 0. The van der Waals surface area contributed by atoms with Crippen LogP contribution < -0.4 is 9.80 Å². The van der Waals surface area contributed by atoms with E-state index in [1.54, 1.807) is 0 Å². The van der Waals surface area contributed by atoms with Gasteiger partial charge >= 0.3 is 6.03 Å². The molecule has 7 heteroatoms. The molecule has 4 heterocycles. The van der Waals surface area contributed by atoms with Crippen LogP contribution in [0, 0.1) is 0 Å². The third kappa shape index (κ3) is 4.34. The molecule has 0 N–H and O–H groups in total. The van der Waals surface area contributed by atoms with Crippen LogP contribution in [0.25, 0.3) is 10.4 Å². The summed E-state index contributed by atoms with van der Waals surface area (Å²) in [6, 6.07) is 22.8. The fraction of sp³-hybridized carbons (Fsp3) is 0.400. The van der Waals surface area contributed by atoms with Crippen LogP contribution in [-0.4, -0.2) is 60.0 Å². The van der Waals surface area contributed by atoms with Gasteiger partial charge in [-0.1, -0.05) is 42.5 Å². The highest BCUT2D eigenvalue weighted by Gasteiger charge is 2.58. The summed E-state index contributed by atoms with van der Waals surface area (Å²) >= 11 is 1.51. The number of carbonyl (C=O) groups is 2. The van der Waals surface area contributed by atoms with Gasteiger partial charge in [-0.3, -0.25) is 9.69 Å². The lowest BCUT2D eigenvalue weighted by molar-refractivity contribution is -0.127. The number of imide groups is 1. The molecule has 3 amide bonds. The Balaban J connectivity index is 1.15. The SMILES string of the molecule is CCN1C(=O)N(c2ccc(-c3ccccc3)s2)C(=O)C12CCN(Cc1ccc(N3CCCC3)cc1)CC2. The van der Waals surface area contributed by atoms with Gasteiger partial charge < -0.3 is 9.80 Å². The largest absolute Gasteiger partial charge is 0.372 e. The number of anilines is 2. The van der Waals surface area contributed by atoms with Gasteiger partial charge in [0.2, 0.25) is 0 Å². The van der Waals surface area contributed by atoms with Crippen LogP contribution in [0.15, 0.2) is 66.7 Å². The minimum Gasteiger partial charge on any atom is -0.372 e. The zero-order valence-electron chi connectivity index (χ0n) is 21.4. The van der Waals surface area contributed by atoms with Crippen LogP contribution in [0.5, 0.6) is 0 Å². The molecule has 0 saturated carbocycles. The predicted octanol–water partition coefficient (Wildman–Crippen LogP) is 5.84. The normalized spacial score (nSPS) is 20.0. The fourth-order valence-corrected chi connectivity index (χ4v) is 7.17. The number of likely N-dealkylation sites (N-methyl/N-ethyl adjacent to an activating group) is 1. The number of carbonyl (C=O) groups excluding carboxylic acids is 2. The van der Waals surface area contributed by atoms with Crippen molar-refractivity contribution in [1.82, 2.24) is 9.80 Å². The lowest BCUT2D eigenvalue weighted by atomic mass is 9.85. The van der Waals surface area contributed by atoms with Crippen LogP contribution in [0.1, 0.15) is 38.2 Å². The quantitative estimate of drug-likeness (QED) is 0.388. The standard InChI is InChI=1S/C30H34N4O2S/c1-2-33-29(36)34(27-15-14-26(37-27)24-8-4-3-5-9-24)28(35)30(33)16-20-31(21-17-30)22-23-10-12-25(13-11-23)32-18-6-7-19-32/h3-5,8-15H,2,6-7,16-22H2,1H3. The summed E-state index contributed by atoms with van der Waals surface area (Å²) in [7, 11) is 0. The van der Waals surface area contributed by atoms with Gasteiger partial charge in [0.05, 0.1) is 0 Å². The maximum atomic E-state index is 13.9. The number of likely N-dealkylation sites (tertiary alicyclic amines) is 1. The van der Waals surface area contributed by atoms with Crippen molar-refractivity contribution in [1.29, 1.82) is 0 Å². The Morgan fingerprint density at radius 3 is 2.22 bits per heavy atom. The Morgan fingerprint density at radius 2 is 1.54 bits per heavy atom.